The van der Waals surface area contributed by atoms with Crippen LogP contribution in [0.3, 0.4) is 0 Å². The lowest BCUT2D eigenvalue weighted by Crippen LogP contribution is -2.34. The minimum absolute atomic E-state index is 0.131. The second-order valence-electron chi connectivity index (χ2n) is 7.71. The molecule has 1 atom stereocenters. The van der Waals surface area contributed by atoms with Gasteiger partial charge in [0.25, 0.3) is 5.91 Å². The number of hydrogen-bond donors (Lipinski definition) is 0. The van der Waals surface area contributed by atoms with Crippen LogP contribution in [0.15, 0.2) is 42.5 Å². The predicted molar refractivity (Wildman–Crippen MR) is 106 cm³/mol. The number of rotatable bonds is 5. The first kappa shape index (κ1) is 18.9. The fraction of sp³-hybridized carbons (Fsp3) is 0.381. The average molecular weight is 402 g/mol. The Hall–Kier alpha value is -2.41. The second kappa shape index (κ2) is 6.88. The van der Waals surface area contributed by atoms with Crippen molar-refractivity contribution in [3.63, 3.8) is 0 Å². The van der Waals surface area contributed by atoms with E-state index in [-0.39, 0.29) is 30.4 Å². The lowest BCUT2D eigenvalue weighted by Gasteiger charge is -2.24. The molecular weight excluding hydrogens is 379 g/mol. The number of benzene rings is 2. The van der Waals surface area contributed by atoms with Crippen LogP contribution in [0.25, 0.3) is 0 Å². The van der Waals surface area contributed by atoms with Crippen molar-refractivity contribution in [3.05, 3.63) is 65.0 Å². The maximum absolute atomic E-state index is 14.1. The van der Waals surface area contributed by atoms with Gasteiger partial charge in [-0.15, -0.1) is 0 Å². The third kappa shape index (κ3) is 3.51. The van der Waals surface area contributed by atoms with Crippen LogP contribution in [0, 0.1) is 5.82 Å². The van der Waals surface area contributed by atoms with Gasteiger partial charge in [-0.1, -0.05) is 18.2 Å². The zero-order chi connectivity index (χ0) is 20.1. The number of sulfonamides is 1. The Morgan fingerprint density at radius 2 is 1.93 bits per heavy atom. The van der Waals surface area contributed by atoms with Gasteiger partial charge in [-0.3, -0.25) is 9.10 Å². The number of fused-ring (bicyclic) bond motifs is 1. The normalized spacial score (nSPS) is 18.8. The molecule has 0 radical (unpaired) electrons. The van der Waals surface area contributed by atoms with Gasteiger partial charge in [-0.05, 0) is 56.0 Å². The summed E-state index contributed by atoms with van der Waals surface area (Å²) >= 11 is 0. The van der Waals surface area contributed by atoms with Crippen LogP contribution in [0.5, 0.6) is 0 Å². The molecule has 4 rings (SSSR count). The molecule has 1 fully saturated rings. The van der Waals surface area contributed by atoms with E-state index >= 15 is 0 Å². The van der Waals surface area contributed by atoms with Crippen LogP contribution in [0.4, 0.5) is 10.1 Å². The molecule has 0 unspecified atom stereocenters. The van der Waals surface area contributed by atoms with Crippen molar-refractivity contribution in [2.24, 2.45) is 0 Å². The summed E-state index contributed by atoms with van der Waals surface area (Å²) < 4.78 is 39.7. The molecule has 1 aliphatic heterocycles. The Balaban J connectivity index is 1.63. The lowest BCUT2D eigenvalue weighted by atomic mass is 10.1. The summed E-state index contributed by atoms with van der Waals surface area (Å²) in [5.74, 6) is -0.452. The van der Waals surface area contributed by atoms with E-state index in [1.165, 1.54) is 16.6 Å². The van der Waals surface area contributed by atoms with Gasteiger partial charge >= 0.3 is 0 Å². The number of hydrogen-bond acceptors (Lipinski definition) is 3. The van der Waals surface area contributed by atoms with Crippen molar-refractivity contribution in [2.45, 2.75) is 44.8 Å². The summed E-state index contributed by atoms with van der Waals surface area (Å²) in [5, 5.41) is 0. The molecule has 2 aromatic carbocycles. The minimum atomic E-state index is -3.37. The van der Waals surface area contributed by atoms with E-state index in [1.54, 1.807) is 41.3 Å². The number of carbonyl (C=O) groups excluding carboxylic acids is 1. The van der Waals surface area contributed by atoms with Crippen LogP contribution in [0.2, 0.25) is 0 Å². The molecule has 1 saturated carbocycles. The first-order chi connectivity index (χ1) is 13.3. The highest BCUT2D eigenvalue weighted by Crippen LogP contribution is 2.36. The van der Waals surface area contributed by atoms with Crippen LogP contribution in [-0.4, -0.2) is 37.6 Å². The molecule has 7 heteroatoms. The Bertz CT molecular complexity index is 1030. The number of nitrogens with zero attached hydrogens (tertiary/aromatic N) is 2. The van der Waals surface area contributed by atoms with Gasteiger partial charge in [-0.25, -0.2) is 12.8 Å². The number of carbonyl (C=O) groups is 1. The van der Waals surface area contributed by atoms with Crippen LogP contribution in [-0.2, 0) is 23.0 Å². The third-order valence-electron chi connectivity index (χ3n) is 5.38. The monoisotopic (exact) mass is 402 g/mol. The standard InChI is InChI=1S/C21H23FN2O3S/c1-14-11-17-12-15(7-10-20(17)24(14)28(2,26)27)21(25)23(18-8-9-18)13-16-5-3-4-6-19(16)22/h3-7,10,12,14,18H,8-9,11,13H2,1-2H3/t14-/m0/s1. The maximum Gasteiger partial charge on any atom is 0.254 e. The maximum atomic E-state index is 14.1. The highest BCUT2D eigenvalue weighted by molar-refractivity contribution is 7.92. The van der Waals surface area contributed by atoms with E-state index in [9.17, 15) is 17.6 Å². The van der Waals surface area contributed by atoms with Gasteiger partial charge in [0.1, 0.15) is 5.82 Å². The van der Waals surface area contributed by atoms with Crippen LogP contribution in [0.1, 0.15) is 41.3 Å². The van der Waals surface area contributed by atoms with Crippen LogP contribution < -0.4 is 4.31 Å². The molecule has 2 aromatic rings. The van der Waals surface area contributed by atoms with Crippen LogP contribution >= 0.6 is 0 Å². The number of anilines is 1. The molecule has 2 aliphatic rings. The summed E-state index contributed by atoms with van der Waals surface area (Å²) in [4.78, 5) is 14.9. The number of halogens is 1. The average Bonchev–Trinajstić information content (AvgIpc) is 3.40. The molecule has 0 saturated heterocycles. The van der Waals surface area contributed by atoms with E-state index in [0.29, 0.717) is 23.2 Å². The summed E-state index contributed by atoms with van der Waals surface area (Å²) in [6, 6.07) is 11.6. The van der Waals surface area contributed by atoms with E-state index in [1.807, 2.05) is 6.92 Å². The van der Waals surface area contributed by atoms with Crippen molar-refractivity contribution >= 4 is 21.6 Å². The zero-order valence-corrected chi connectivity index (χ0v) is 16.7. The molecule has 0 N–H and O–H groups in total. The smallest absolute Gasteiger partial charge is 0.254 e. The Kier molecular flexibility index (Phi) is 4.65. The van der Waals surface area contributed by atoms with E-state index in [0.717, 1.165) is 18.4 Å². The summed E-state index contributed by atoms with van der Waals surface area (Å²) in [6.07, 6.45) is 3.61. The third-order valence-corrected chi connectivity index (χ3v) is 6.66. The van der Waals surface area contributed by atoms with E-state index < -0.39 is 10.0 Å². The Labute approximate surface area is 164 Å². The highest BCUT2D eigenvalue weighted by Gasteiger charge is 2.36. The van der Waals surface area contributed by atoms with Crippen molar-refractivity contribution in [1.82, 2.24) is 4.90 Å². The molecule has 1 heterocycles. The molecule has 0 bridgehead atoms. The second-order valence-corrected chi connectivity index (χ2v) is 9.57. The van der Waals surface area contributed by atoms with E-state index in [4.69, 9.17) is 0 Å². The SMILES string of the molecule is C[C@H]1Cc2cc(C(=O)N(Cc3ccccc3F)C3CC3)ccc2N1S(C)(=O)=O. The largest absolute Gasteiger partial charge is 0.331 e. The molecule has 0 spiro atoms. The van der Waals surface area contributed by atoms with Gasteiger partial charge in [0, 0.05) is 29.8 Å². The molecule has 0 aromatic heterocycles. The first-order valence-corrected chi connectivity index (χ1v) is 11.3. The van der Waals surface area contributed by atoms with Gasteiger partial charge in [0.05, 0.1) is 11.9 Å². The Morgan fingerprint density at radius 1 is 1.21 bits per heavy atom. The fourth-order valence-electron chi connectivity index (χ4n) is 3.97. The molecule has 148 valence electrons. The molecule has 1 aliphatic carbocycles. The van der Waals surface area contributed by atoms with Crippen molar-refractivity contribution in [1.29, 1.82) is 0 Å². The summed E-state index contributed by atoms with van der Waals surface area (Å²) in [7, 11) is -3.37. The first-order valence-electron chi connectivity index (χ1n) is 9.42. The van der Waals surface area contributed by atoms with Gasteiger partial charge in [0.15, 0.2) is 0 Å². The molecule has 28 heavy (non-hydrogen) atoms. The highest BCUT2D eigenvalue weighted by atomic mass is 32.2. The predicted octanol–water partition coefficient (Wildman–Crippen LogP) is 3.34. The molecular formula is C21H23FN2O3S. The molecule has 1 amide bonds. The topological polar surface area (TPSA) is 57.7 Å². The van der Waals surface area contributed by atoms with Crippen molar-refractivity contribution in [2.75, 3.05) is 10.6 Å². The summed E-state index contributed by atoms with van der Waals surface area (Å²) in [6.45, 7) is 2.09. The van der Waals surface area contributed by atoms with Crippen molar-refractivity contribution < 1.29 is 17.6 Å². The number of amides is 1. The van der Waals surface area contributed by atoms with Gasteiger partial charge < -0.3 is 4.90 Å². The fourth-order valence-corrected chi connectivity index (χ4v) is 5.23. The van der Waals surface area contributed by atoms with Gasteiger partial charge in [-0.2, -0.15) is 0 Å². The zero-order valence-electron chi connectivity index (χ0n) is 15.9. The van der Waals surface area contributed by atoms with Gasteiger partial charge in [0.2, 0.25) is 10.0 Å². The van der Waals surface area contributed by atoms with E-state index in [2.05, 4.69) is 0 Å². The Morgan fingerprint density at radius 3 is 2.57 bits per heavy atom. The summed E-state index contributed by atoms with van der Waals surface area (Å²) in [5.41, 5.74) is 2.51. The lowest BCUT2D eigenvalue weighted by molar-refractivity contribution is 0.0728. The van der Waals surface area contributed by atoms with Crippen molar-refractivity contribution in [3.8, 4) is 0 Å². The minimum Gasteiger partial charge on any atom is -0.331 e. The quantitative estimate of drug-likeness (QED) is 0.771. The molecule has 5 nitrogen and oxygen atoms in total.